The molecule has 0 unspecified atom stereocenters. The number of hydrogen-bond donors (Lipinski definition) is 0. The van der Waals surface area contributed by atoms with Crippen LogP contribution in [0.4, 0.5) is 17.2 Å². The fourth-order valence-corrected chi connectivity index (χ4v) is 6.27. The van der Waals surface area contributed by atoms with Crippen molar-refractivity contribution >= 4 is 61.1 Å². The van der Waals surface area contributed by atoms with E-state index in [4.69, 9.17) is 18.6 Å². The highest BCUT2D eigenvalue weighted by molar-refractivity contribution is 6.11. The number of imidazole rings is 1. The normalized spacial score (nSPS) is 11.6. The third-order valence-corrected chi connectivity index (χ3v) is 8.32. The van der Waals surface area contributed by atoms with Gasteiger partial charge in [0.25, 0.3) is 0 Å². The van der Waals surface area contributed by atoms with E-state index in [-0.39, 0.29) is 0 Å². The second-order valence-electron chi connectivity index (χ2n) is 11.2. The molecule has 0 saturated heterocycles. The first-order valence-electron chi connectivity index (χ1n) is 15.0. The van der Waals surface area contributed by atoms with E-state index in [2.05, 4.69) is 46.3 Å². The van der Waals surface area contributed by atoms with Gasteiger partial charge in [0.1, 0.15) is 45.5 Å². The Morgan fingerprint density at radius 2 is 1.39 bits per heavy atom. The molecule has 9 aromatic rings. The van der Waals surface area contributed by atoms with Crippen molar-refractivity contribution in [1.82, 2.24) is 14.5 Å². The number of pyridine rings is 1. The molecule has 4 heterocycles. The van der Waals surface area contributed by atoms with Crippen LogP contribution in [-0.4, -0.2) is 14.5 Å². The van der Waals surface area contributed by atoms with Crippen molar-refractivity contribution < 1.29 is 13.6 Å². The van der Waals surface area contributed by atoms with E-state index in [9.17, 15) is 0 Å². The molecule has 0 N–H and O–H groups in total. The third-order valence-electron chi connectivity index (χ3n) is 8.32. The summed E-state index contributed by atoms with van der Waals surface area (Å²) in [6, 6.07) is 40.3. The number of aryl methyl sites for hydroxylation is 1. The van der Waals surface area contributed by atoms with Crippen molar-refractivity contribution in [1.29, 1.82) is 0 Å². The molecule has 7 heteroatoms. The van der Waals surface area contributed by atoms with Crippen LogP contribution in [0, 0.1) is 0 Å². The zero-order valence-electron chi connectivity index (χ0n) is 24.8. The van der Waals surface area contributed by atoms with Gasteiger partial charge in [-0.1, -0.05) is 60.7 Å². The maximum Gasteiger partial charge on any atom is 0.146 e. The number of benzene rings is 5. The number of nitrogens with zero attached hydrogens (tertiary/aromatic N) is 4. The number of anilines is 3. The van der Waals surface area contributed by atoms with Crippen molar-refractivity contribution in [2.24, 2.45) is 7.05 Å². The maximum atomic E-state index is 6.94. The van der Waals surface area contributed by atoms with Crippen LogP contribution in [0.15, 0.2) is 149 Å². The highest BCUT2D eigenvalue weighted by atomic mass is 16.5. The van der Waals surface area contributed by atoms with Gasteiger partial charge in [0.15, 0.2) is 0 Å². The van der Waals surface area contributed by atoms with E-state index in [1.54, 1.807) is 12.4 Å². The summed E-state index contributed by atoms with van der Waals surface area (Å²) < 4.78 is 21.8. The minimum atomic E-state index is 0.657. The number of furan rings is 2. The van der Waals surface area contributed by atoms with Gasteiger partial charge in [-0.05, 0) is 48.5 Å². The largest absolute Gasteiger partial charge is 0.456 e. The summed E-state index contributed by atoms with van der Waals surface area (Å²) in [6.45, 7) is 0. The summed E-state index contributed by atoms with van der Waals surface area (Å²) in [5.41, 5.74) is 5.74. The lowest BCUT2D eigenvalue weighted by molar-refractivity contribution is 0.489. The van der Waals surface area contributed by atoms with E-state index in [0.29, 0.717) is 17.1 Å². The van der Waals surface area contributed by atoms with Gasteiger partial charge >= 0.3 is 0 Å². The predicted octanol–water partition coefficient (Wildman–Crippen LogP) is 10.5. The zero-order valence-corrected chi connectivity index (χ0v) is 24.8. The zero-order chi connectivity index (χ0) is 30.6. The van der Waals surface area contributed by atoms with E-state index >= 15 is 0 Å². The quantitative estimate of drug-likeness (QED) is 0.190. The van der Waals surface area contributed by atoms with Gasteiger partial charge in [-0.25, -0.2) is 9.97 Å². The summed E-state index contributed by atoms with van der Waals surface area (Å²) in [5.74, 6) is 2.88. The lowest BCUT2D eigenvalue weighted by Crippen LogP contribution is -2.11. The molecule has 0 fully saturated rings. The number of para-hydroxylation sites is 3. The van der Waals surface area contributed by atoms with Crippen LogP contribution in [0.3, 0.4) is 0 Å². The van der Waals surface area contributed by atoms with Gasteiger partial charge in [0.2, 0.25) is 0 Å². The molecule has 0 aliphatic carbocycles. The van der Waals surface area contributed by atoms with E-state index in [0.717, 1.165) is 66.9 Å². The Hall–Kier alpha value is -6.34. The standard InChI is InChI=1S/C39H26N4O3/c1-42-20-19-41-39(42)31-24-27(23-30-28-13-5-7-15-32(28)46-38(30)31)44-34-21-26(22-35-37(34)29-14-6-8-16-33(29)45-35)43(25-11-3-2-4-12-25)36-17-9-10-18-40-36/h2-24H,1H3. The number of aromatic nitrogens is 3. The molecule has 5 aromatic carbocycles. The average molecular weight is 599 g/mol. The maximum absolute atomic E-state index is 6.94. The number of hydrogen-bond acceptors (Lipinski definition) is 6. The molecule has 0 spiro atoms. The molecule has 0 bridgehead atoms. The Morgan fingerprint density at radius 3 is 2.17 bits per heavy atom. The number of rotatable bonds is 6. The van der Waals surface area contributed by atoms with Gasteiger partial charge in [0.05, 0.1) is 16.6 Å². The molecule has 4 aromatic heterocycles. The van der Waals surface area contributed by atoms with Crippen LogP contribution in [0.25, 0.3) is 55.3 Å². The van der Waals surface area contributed by atoms with Gasteiger partial charge in [0, 0.05) is 59.6 Å². The van der Waals surface area contributed by atoms with Crippen LogP contribution in [0.5, 0.6) is 11.5 Å². The molecule has 0 saturated carbocycles. The first-order chi connectivity index (χ1) is 22.7. The molecule has 0 aliphatic heterocycles. The van der Waals surface area contributed by atoms with Crippen molar-refractivity contribution in [2.45, 2.75) is 0 Å². The highest BCUT2D eigenvalue weighted by Crippen LogP contribution is 2.45. The summed E-state index contributed by atoms with van der Waals surface area (Å²) in [5, 5.41) is 3.83. The van der Waals surface area contributed by atoms with Gasteiger partial charge in [-0.15, -0.1) is 0 Å². The molecule has 46 heavy (non-hydrogen) atoms. The molecule has 0 radical (unpaired) electrons. The summed E-state index contributed by atoms with van der Waals surface area (Å²) in [6.07, 6.45) is 5.52. The van der Waals surface area contributed by atoms with Gasteiger partial charge < -0.3 is 18.1 Å². The van der Waals surface area contributed by atoms with Crippen LogP contribution >= 0.6 is 0 Å². The Kier molecular flexibility index (Phi) is 5.89. The molecule has 9 rings (SSSR count). The minimum absolute atomic E-state index is 0.657. The molecular formula is C39H26N4O3. The lowest BCUT2D eigenvalue weighted by atomic mass is 10.1. The minimum Gasteiger partial charge on any atom is -0.456 e. The first-order valence-corrected chi connectivity index (χ1v) is 15.0. The Balaban J connectivity index is 1.30. The van der Waals surface area contributed by atoms with Crippen LogP contribution in [0.2, 0.25) is 0 Å². The Bertz CT molecular complexity index is 2490. The van der Waals surface area contributed by atoms with Crippen molar-refractivity contribution in [2.75, 3.05) is 4.90 Å². The van der Waals surface area contributed by atoms with Gasteiger partial charge in [-0.3, -0.25) is 4.90 Å². The smallest absolute Gasteiger partial charge is 0.146 e. The predicted molar refractivity (Wildman–Crippen MR) is 182 cm³/mol. The summed E-state index contributed by atoms with van der Waals surface area (Å²) in [7, 11) is 1.98. The van der Waals surface area contributed by atoms with Crippen LogP contribution < -0.4 is 9.64 Å². The molecule has 7 nitrogen and oxygen atoms in total. The van der Waals surface area contributed by atoms with Gasteiger partial charge in [-0.2, -0.15) is 0 Å². The van der Waals surface area contributed by atoms with Crippen molar-refractivity contribution in [3.8, 4) is 22.9 Å². The van der Waals surface area contributed by atoms with E-state index < -0.39 is 0 Å². The van der Waals surface area contributed by atoms with Crippen LogP contribution in [-0.2, 0) is 7.05 Å². The molecule has 0 atom stereocenters. The number of ether oxygens (including phenoxy) is 1. The molecule has 220 valence electrons. The number of fused-ring (bicyclic) bond motifs is 6. The average Bonchev–Trinajstić information content (AvgIpc) is 3.80. The molecular weight excluding hydrogens is 572 g/mol. The molecule has 0 amide bonds. The van der Waals surface area contributed by atoms with E-state index in [1.165, 1.54) is 0 Å². The molecule has 0 aliphatic rings. The van der Waals surface area contributed by atoms with Crippen LogP contribution in [0.1, 0.15) is 0 Å². The summed E-state index contributed by atoms with van der Waals surface area (Å²) in [4.78, 5) is 11.5. The first kappa shape index (κ1) is 26.1. The van der Waals surface area contributed by atoms with E-state index in [1.807, 2.05) is 103 Å². The highest BCUT2D eigenvalue weighted by Gasteiger charge is 2.22. The Labute approximate surface area is 263 Å². The monoisotopic (exact) mass is 598 g/mol. The lowest BCUT2D eigenvalue weighted by Gasteiger charge is -2.24. The second-order valence-corrected chi connectivity index (χ2v) is 11.2. The topological polar surface area (TPSA) is 69.5 Å². The Morgan fingerprint density at radius 1 is 0.630 bits per heavy atom. The van der Waals surface area contributed by atoms with Crippen molar-refractivity contribution in [3.63, 3.8) is 0 Å². The van der Waals surface area contributed by atoms with Crippen molar-refractivity contribution in [3.05, 3.63) is 140 Å². The summed E-state index contributed by atoms with van der Waals surface area (Å²) >= 11 is 0. The fourth-order valence-electron chi connectivity index (χ4n) is 6.27. The fraction of sp³-hybridized carbons (Fsp3) is 0.0256. The SMILES string of the molecule is Cn1ccnc1-c1cc(Oc2cc(N(c3ccccc3)c3ccccn3)cc3oc4ccccc4c23)cc2c1oc1ccccc12. The third kappa shape index (κ3) is 4.21. The second kappa shape index (κ2) is 10.4.